The second-order valence-corrected chi connectivity index (χ2v) is 24.1. The highest BCUT2D eigenvalue weighted by Gasteiger charge is 2.62. The van der Waals surface area contributed by atoms with Crippen molar-refractivity contribution in [2.45, 2.75) is 215 Å². The Labute approximate surface area is 561 Å². The monoisotopic (exact) mass is 1400 g/mol. The number of ether oxygens (including phenoxy) is 33. The molecule has 21 saturated heterocycles. The summed E-state index contributed by atoms with van der Waals surface area (Å²) in [6.07, 6.45) is -39.7. The van der Waals surface area contributed by atoms with Gasteiger partial charge < -0.3 is 167 Å². The molecule has 35 nitrogen and oxygen atoms in total. The summed E-state index contributed by atoms with van der Waals surface area (Å²) in [6.45, 7) is -0.622. The lowest BCUT2D eigenvalue weighted by Crippen LogP contribution is -2.69. The molecule has 0 unspecified atom stereocenters. The Morgan fingerprint density at radius 3 is 0.490 bits per heavy atom. The first-order chi connectivity index (χ1) is 46.6. The van der Waals surface area contributed by atoms with Crippen LogP contribution in [0.2, 0.25) is 0 Å². The molecule has 35 heteroatoms. The van der Waals surface area contributed by atoms with E-state index < -0.39 is 215 Å². The molecule has 0 amide bonds. The fourth-order valence-electron chi connectivity index (χ4n) is 14.4. The number of hydrogen-bond acceptors (Lipinski definition) is 35. The van der Waals surface area contributed by atoms with Gasteiger partial charge in [0, 0.05) is 135 Å². The van der Waals surface area contributed by atoms with Crippen LogP contribution in [0.1, 0.15) is 0 Å². The van der Waals surface area contributed by atoms with Gasteiger partial charge in [-0.05, 0) is 0 Å². The summed E-state index contributed by atoms with van der Waals surface area (Å²) in [5.41, 5.74) is 0. The van der Waals surface area contributed by atoms with Crippen molar-refractivity contribution in [3.63, 3.8) is 0 Å². The highest BCUT2D eigenvalue weighted by Crippen LogP contribution is 2.43. The fraction of sp³-hybridized carbons (Fsp3) is 1.00. The van der Waals surface area contributed by atoms with E-state index in [9.17, 15) is 10.2 Å². The number of rotatable bonds is 26. The van der Waals surface area contributed by atoms with E-state index >= 15 is 0 Å². The van der Waals surface area contributed by atoms with E-state index in [2.05, 4.69) is 0 Å². The topological polar surface area (TPSA) is 345 Å². The largest absolute Gasteiger partial charge is 0.387 e. The van der Waals surface area contributed by atoms with Crippen LogP contribution in [0.15, 0.2) is 0 Å². The van der Waals surface area contributed by atoms with Gasteiger partial charge in [-0.25, -0.2) is 0 Å². The highest BCUT2D eigenvalue weighted by atomic mass is 16.8. The average Bonchev–Trinajstić information content (AvgIpc) is 0.772. The summed E-state index contributed by atoms with van der Waals surface area (Å²) in [6, 6.07) is 0. The summed E-state index contributed by atoms with van der Waals surface area (Å²) in [4.78, 5) is 0. The Balaban J connectivity index is 1.22. The molecule has 21 aliphatic heterocycles. The summed E-state index contributed by atoms with van der Waals surface area (Å²) >= 11 is 0. The zero-order valence-electron chi connectivity index (χ0n) is 58.5. The van der Waals surface area contributed by atoms with Crippen LogP contribution >= 0.6 is 0 Å². The van der Waals surface area contributed by atoms with Crippen LogP contribution in [0, 0.1) is 0 Å². The minimum Gasteiger partial charge on any atom is -0.387 e. The maximum atomic E-state index is 12.3. The van der Waals surface area contributed by atoms with E-state index in [1.165, 1.54) is 135 Å². The van der Waals surface area contributed by atoms with Crippen molar-refractivity contribution in [2.75, 3.05) is 181 Å². The van der Waals surface area contributed by atoms with Crippen LogP contribution in [0.4, 0.5) is 0 Å². The normalized spacial score (nSPS) is 46.8. The molecule has 562 valence electrons. The number of hydrogen-bond donors (Lipinski definition) is 2. The van der Waals surface area contributed by atoms with Gasteiger partial charge in [-0.15, -0.1) is 0 Å². The zero-order valence-corrected chi connectivity index (χ0v) is 58.5. The third kappa shape index (κ3) is 17.4. The second-order valence-electron chi connectivity index (χ2n) is 24.1. The third-order valence-corrected chi connectivity index (χ3v) is 18.8. The average molecular weight is 1400 g/mol. The lowest BCUT2D eigenvalue weighted by atomic mass is 9.94. The van der Waals surface area contributed by atoms with Crippen molar-refractivity contribution in [2.24, 2.45) is 0 Å². The van der Waals surface area contributed by atoms with Gasteiger partial charge in [0.2, 0.25) is 0 Å². The summed E-state index contributed by atoms with van der Waals surface area (Å²) in [5.74, 6) is 0. The SMILES string of the molecule is COC[C@H]1O[C@@H]2O[C@H]3[C@H](OC)[C@@H](OC)[C@@H](O[C@H]4[C@H](OC)[C@@H](OC)[C@@H](O[C@H]5[C@H](OC)[C@@H](OC)[C@@H](O[C@H]6[C@H](OC)[C@@H](OC)[C@@H](O[C@H]7[C@H](OC)[C@@H](OC)[C@@H](O[C@H]8[C@H](OC)[C@@H](OC)[C@@H](O[C@H]1[C@H](O)[C@H]2O)O[C@@H]8COC)O[C@@H]7COC)O[C@@H]6COC)O[C@@H]5COC)O[C@@H]4COC)O[C@@H]3COC. The molecular weight excluding hydrogens is 1290 g/mol. The van der Waals surface area contributed by atoms with Crippen LogP contribution in [-0.2, 0) is 156 Å². The van der Waals surface area contributed by atoms with Crippen molar-refractivity contribution in [3.8, 4) is 0 Å². The van der Waals surface area contributed by atoms with Gasteiger partial charge in [0.1, 0.15) is 171 Å². The number of aliphatic hydroxyl groups is 2. The highest BCUT2D eigenvalue weighted by molar-refractivity contribution is 5.04. The lowest BCUT2D eigenvalue weighted by Gasteiger charge is -2.52. The van der Waals surface area contributed by atoms with E-state index in [1.807, 2.05) is 0 Å². The maximum absolute atomic E-state index is 12.3. The Kier molecular flexibility index (Phi) is 32.6. The molecule has 21 fully saturated rings. The van der Waals surface area contributed by atoms with Crippen molar-refractivity contribution >= 4 is 0 Å². The van der Waals surface area contributed by atoms with E-state index in [0.29, 0.717) is 0 Å². The van der Waals surface area contributed by atoms with Crippen LogP contribution in [0.3, 0.4) is 0 Å². The van der Waals surface area contributed by atoms with Gasteiger partial charge in [0.05, 0.1) is 46.2 Å². The van der Waals surface area contributed by atoms with E-state index in [4.69, 9.17) is 156 Å². The molecule has 0 radical (unpaired) electrons. The first-order valence-electron chi connectivity index (χ1n) is 31.9. The van der Waals surface area contributed by atoms with Crippen LogP contribution in [0.5, 0.6) is 0 Å². The molecule has 0 aromatic rings. The van der Waals surface area contributed by atoms with Gasteiger partial charge in [-0.2, -0.15) is 0 Å². The van der Waals surface area contributed by atoms with Gasteiger partial charge in [0.15, 0.2) is 44.0 Å². The fourth-order valence-corrected chi connectivity index (χ4v) is 14.4. The number of aliphatic hydroxyl groups excluding tert-OH is 2. The summed E-state index contributed by atoms with van der Waals surface area (Å²) < 4.78 is 211. The molecule has 35 atom stereocenters. The van der Waals surface area contributed by atoms with Gasteiger partial charge >= 0.3 is 0 Å². The summed E-state index contributed by atoms with van der Waals surface area (Å²) in [5, 5.41) is 24.5. The van der Waals surface area contributed by atoms with Crippen LogP contribution in [-0.4, -0.2) is 406 Å². The van der Waals surface area contributed by atoms with E-state index in [1.54, 1.807) is 0 Å². The first-order valence-corrected chi connectivity index (χ1v) is 31.9. The predicted molar refractivity (Wildman–Crippen MR) is 319 cm³/mol. The molecule has 21 heterocycles. The molecule has 0 saturated carbocycles. The molecule has 96 heavy (non-hydrogen) atoms. The third-order valence-electron chi connectivity index (χ3n) is 18.8. The first kappa shape index (κ1) is 80.3. The Bertz CT molecular complexity index is 2170. The Morgan fingerprint density at radius 1 is 0.177 bits per heavy atom. The molecule has 0 aromatic heterocycles. The molecule has 21 aliphatic rings. The van der Waals surface area contributed by atoms with Crippen LogP contribution < -0.4 is 0 Å². The van der Waals surface area contributed by atoms with Gasteiger partial charge in [-0.3, -0.25) is 0 Å². The minimum absolute atomic E-state index is 0.0501. The number of methoxy groups -OCH3 is 19. The van der Waals surface area contributed by atoms with E-state index in [-0.39, 0.29) is 46.2 Å². The minimum atomic E-state index is -1.80. The van der Waals surface area contributed by atoms with Crippen molar-refractivity contribution in [1.82, 2.24) is 0 Å². The second kappa shape index (κ2) is 38.9. The lowest BCUT2D eigenvalue weighted by molar-refractivity contribution is -0.402. The quantitative estimate of drug-likeness (QED) is 0.0883. The molecule has 2 N–H and O–H groups in total. The van der Waals surface area contributed by atoms with Crippen molar-refractivity contribution in [3.05, 3.63) is 0 Å². The Hall–Kier alpha value is -1.40. The molecular formula is C61H108O35. The Morgan fingerprint density at radius 2 is 0.323 bits per heavy atom. The van der Waals surface area contributed by atoms with E-state index in [0.717, 1.165) is 0 Å². The molecule has 0 spiro atoms. The van der Waals surface area contributed by atoms with Crippen LogP contribution in [0.25, 0.3) is 0 Å². The molecule has 0 aromatic carbocycles. The van der Waals surface area contributed by atoms with Crippen molar-refractivity contribution in [1.29, 1.82) is 0 Å². The maximum Gasteiger partial charge on any atom is 0.187 e. The van der Waals surface area contributed by atoms with Crippen molar-refractivity contribution < 1.29 is 167 Å². The summed E-state index contributed by atoms with van der Waals surface area (Å²) in [7, 11) is 28.0. The van der Waals surface area contributed by atoms with Gasteiger partial charge in [-0.1, -0.05) is 0 Å². The van der Waals surface area contributed by atoms with Gasteiger partial charge in [0.25, 0.3) is 0 Å². The molecule has 21 rings (SSSR count). The standard InChI is InChI=1S/C61H108O35/c1-64-20-27-36-34(62)35(63)55(83-27)91-37-28(21-65-2)85-57(50(78-15)43(37)71-8)93-39-30(23-67-4)87-59(52(80-17)45(39)73-10)95-41-32(25-69-6)89-61(54(82-19)47(41)75-12)96-42-33(26-70-7)88-60(53(81-18)48(42)76-13)94-40-31(24-68-5)86-58(51(79-16)46(40)74-11)92-38-29(22-66-3)84-56(90-36)49(77-14)44(38)72-9/h27-63H,20-26H2,1-19H3/t27-,28-,29-,30-,31-,32-,33-,34-,35-,36-,37-,38-,39-,40-,41-,42-,43+,44+,45+,46+,47+,48+,49-,50-,51-,52-,53-,54-,55-,56-,57-,58-,59-,60-,61-/m1/s1. The smallest absolute Gasteiger partial charge is 0.187 e. The molecule has 14 bridgehead atoms. The molecule has 0 aliphatic carbocycles. The zero-order chi connectivity index (χ0) is 69.5. The predicted octanol–water partition coefficient (Wildman–Crippen LogP) is -2.80.